The zero-order valence-corrected chi connectivity index (χ0v) is 10.7. The zero-order valence-electron chi connectivity index (χ0n) is 9.92. The fourth-order valence-electron chi connectivity index (χ4n) is 1.55. The van der Waals surface area contributed by atoms with E-state index in [0.29, 0.717) is 11.3 Å². The van der Waals surface area contributed by atoms with E-state index in [1.807, 2.05) is 6.26 Å². The number of hydrogen-bond donors (Lipinski definition) is 3. The van der Waals surface area contributed by atoms with E-state index in [1.54, 1.807) is 0 Å². The van der Waals surface area contributed by atoms with E-state index >= 15 is 0 Å². The van der Waals surface area contributed by atoms with E-state index in [0.717, 1.165) is 0 Å². The summed E-state index contributed by atoms with van der Waals surface area (Å²) in [6.07, 6.45) is 2.16. The first kappa shape index (κ1) is 14.5. The number of benzene rings is 1. The third kappa shape index (κ3) is 3.02. The van der Waals surface area contributed by atoms with Crippen molar-refractivity contribution in [2.75, 3.05) is 12.0 Å². The van der Waals surface area contributed by atoms with Crippen LogP contribution in [0.15, 0.2) is 24.3 Å². The van der Waals surface area contributed by atoms with E-state index in [4.69, 9.17) is 10.8 Å². The molecule has 1 aromatic carbocycles. The Balaban J connectivity index is 3.06. The van der Waals surface area contributed by atoms with Gasteiger partial charge < -0.3 is 15.9 Å². The molecule has 0 amide bonds. The van der Waals surface area contributed by atoms with Gasteiger partial charge >= 0.3 is 11.9 Å². The molecule has 0 saturated carbocycles. The molecule has 1 aromatic rings. The van der Waals surface area contributed by atoms with E-state index < -0.39 is 17.5 Å². The van der Waals surface area contributed by atoms with Crippen molar-refractivity contribution in [2.45, 2.75) is 12.0 Å². The predicted molar refractivity (Wildman–Crippen MR) is 69.9 cm³/mol. The van der Waals surface area contributed by atoms with Crippen LogP contribution in [0.1, 0.15) is 22.3 Å². The lowest BCUT2D eigenvalue weighted by Gasteiger charge is -2.25. The molecule has 1 rings (SSSR count). The molecular formula is C12H15NO4S. The molecule has 0 bridgehead atoms. The highest BCUT2D eigenvalue weighted by atomic mass is 32.2. The minimum atomic E-state index is -1.47. The van der Waals surface area contributed by atoms with E-state index in [1.165, 1.54) is 36.0 Å². The Labute approximate surface area is 109 Å². The zero-order chi connectivity index (χ0) is 13.8. The topological polar surface area (TPSA) is 101 Å². The van der Waals surface area contributed by atoms with Gasteiger partial charge in [0.1, 0.15) is 5.54 Å². The Bertz CT molecular complexity index is 446. The van der Waals surface area contributed by atoms with Crippen LogP contribution in [0.2, 0.25) is 0 Å². The van der Waals surface area contributed by atoms with Crippen LogP contribution in [0.3, 0.4) is 0 Å². The van der Waals surface area contributed by atoms with Crippen molar-refractivity contribution in [1.82, 2.24) is 0 Å². The first-order valence-electron chi connectivity index (χ1n) is 5.27. The van der Waals surface area contributed by atoms with E-state index in [2.05, 4.69) is 0 Å². The molecule has 1 atom stereocenters. The highest BCUT2D eigenvalue weighted by molar-refractivity contribution is 7.98. The molecule has 6 heteroatoms. The molecule has 1 unspecified atom stereocenters. The van der Waals surface area contributed by atoms with Crippen molar-refractivity contribution < 1.29 is 19.8 Å². The number of carbonyl (C=O) groups is 2. The summed E-state index contributed by atoms with van der Waals surface area (Å²) in [7, 11) is 0. The summed E-state index contributed by atoms with van der Waals surface area (Å²) in [4.78, 5) is 22.0. The Morgan fingerprint density at radius 3 is 2.22 bits per heavy atom. The van der Waals surface area contributed by atoms with Gasteiger partial charge in [0.2, 0.25) is 0 Å². The van der Waals surface area contributed by atoms with Crippen LogP contribution < -0.4 is 5.73 Å². The number of carboxylic acids is 2. The first-order chi connectivity index (χ1) is 8.41. The normalized spacial score (nSPS) is 13.9. The SMILES string of the molecule is CSCCC(N)(C(=O)O)c1ccc(C(=O)O)cc1. The second kappa shape index (κ2) is 5.88. The molecular weight excluding hydrogens is 254 g/mol. The second-order valence-corrected chi connectivity index (χ2v) is 4.89. The molecule has 0 aliphatic rings. The van der Waals surface area contributed by atoms with Crippen molar-refractivity contribution >= 4 is 23.7 Å². The summed E-state index contributed by atoms with van der Waals surface area (Å²) < 4.78 is 0. The Hall–Kier alpha value is -1.53. The summed E-state index contributed by atoms with van der Waals surface area (Å²) in [5.41, 5.74) is 4.96. The third-order valence-corrected chi connectivity index (χ3v) is 3.34. The van der Waals surface area contributed by atoms with Crippen LogP contribution >= 0.6 is 11.8 Å². The Morgan fingerprint density at radius 1 is 1.28 bits per heavy atom. The largest absolute Gasteiger partial charge is 0.480 e. The fraction of sp³-hybridized carbons (Fsp3) is 0.333. The van der Waals surface area contributed by atoms with Crippen molar-refractivity contribution in [3.8, 4) is 0 Å². The maximum Gasteiger partial charge on any atom is 0.335 e. The van der Waals surface area contributed by atoms with Gasteiger partial charge in [-0.2, -0.15) is 11.8 Å². The second-order valence-electron chi connectivity index (χ2n) is 3.90. The average molecular weight is 269 g/mol. The van der Waals surface area contributed by atoms with Gasteiger partial charge in [0.15, 0.2) is 0 Å². The van der Waals surface area contributed by atoms with Gasteiger partial charge in [-0.05, 0) is 36.1 Å². The van der Waals surface area contributed by atoms with Gasteiger partial charge in [0.25, 0.3) is 0 Å². The van der Waals surface area contributed by atoms with E-state index in [-0.39, 0.29) is 12.0 Å². The highest BCUT2D eigenvalue weighted by Crippen LogP contribution is 2.24. The predicted octanol–water partition coefficient (Wildman–Crippen LogP) is 1.38. The minimum absolute atomic E-state index is 0.108. The molecule has 4 N–H and O–H groups in total. The van der Waals surface area contributed by atoms with Gasteiger partial charge in [-0.3, -0.25) is 0 Å². The molecule has 0 aliphatic heterocycles. The summed E-state index contributed by atoms with van der Waals surface area (Å²) in [6, 6.07) is 5.64. The molecule has 5 nitrogen and oxygen atoms in total. The lowest BCUT2D eigenvalue weighted by Crippen LogP contribution is -2.45. The summed E-state index contributed by atoms with van der Waals surface area (Å²) in [5, 5.41) is 18.0. The monoisotopic (exact) mass is 269 g/mol. The van der Waals surface area contributed by atoms with Gasteiger partial charge in [-0.1, -0.05) is 12.1 Å². The smallest absolute Gasteiger partial charge is 0.335 e. The van der Waals surface area contributed by atoms with Crippen LogP contribution in [0.4, 0.5) is 0 Å². The van der Waals surface area contributed by atoms with Crippen molar-refractivity contribution in [3.63, 3.8) is 0 Å². The molecule has 0 aromatic heterocycles. The summed E-state index contributed by atoms with van der Waals surface area (Å²) >= 11 is 1.51. The number of thioether (sulfide) groups is 1. The number of nitrogens with two attached hydrogens (primary N) is 1. The lowest BCUT2D eigenvalue weighted by atomic mass is 9.88. The molecule has 0 saturated heterocycles. The first-order valence-corrected chi connectivity index (χ1v) is 6.66. The lowest BCUT2D eigenvalue weighted by molar-refractivity contribution is -0.143. The number of aliphatic carboxylic acids is 1. The average Bonchev–Trinajstić information content (AvgIpc) is 2.35. The van der Waals surface area contributed by atoms with Crippen molar-refractivity contribution in [1.29, 1.82) is 0 Å². The molecule has 0 fully saturated rings. The molecule has 0 spiro atoms. The number of carboxylic acid groups (broad SMARTS) is 2. The van der Waals surface area contributed by atoms with Gasteiger partial charge in [0.05, 0.1) is 5.56 Å². The molecule has 18 heavy (non-hydrogen) atoms. The highest BCUT2D eigenvalue weighted by Gasteiger charge is 2.35. The molecule has 0 aliphatic carbocycles. The molecule has 0 radical (unpaired) electrons. The third-order valence-electron chi connectivity index (χ3n) is 2.73. The molecule has 0 heterocycles. The van der Waals surface area contributed by atoms with Crippen LogP contribution in [-0.2, 0) is 10.3 Å². The van der Waals surface area contributed by atoms with Crippen molar-refractivity contribution in [2.24, 2.45) is 5.73 Å². The van der Waals surface area contributed by atoms with Gasteiger partial charge in [0, 0.05) is 0 Å². The number of rotatable bonds is 6. The number of hydrogen-bond acceptors (Lipinski definition) is 4. The fourth-order valence-corrected chi connectivity index (χ4v) is 2.07. The quantitative estimate of drug-likeness (QED) is 0.721. The maximum atomic E-state index is 11.3. The van der Waals surface area contributed by atoms with Crippen molar-refractivity contribution in [3.05, 3.63) is 35.4 Å². The summed E-state index contributed by atoms with van der Waals surface area (Å²) in [5.74, 6) is -1.55. The van der Waals surface area contributed by atoms with Crippen LogP contribution in [0.5, 0.6) is 0 Å². The van der Waals surface area contributed by atoms with Crippen LogP contribution in [0, 0.1) is 0 Å². The van der Waals surface area contributed by atoms with Crippen LogP contribution in [0.25, 0.3) is 0 Å². The van der Waals surface area contributed by atoms with Gasteiger partial charge in [-0.15, -0.1) is 0 Å². The van der Waals surface area contributed by atoms with Gasteiger partial charge in [-0.25, -0.2) is 9.59 Å². The maximum absolute atomic E-state index is 11.3. The summed E-state index contributed by atoms with van der Waals surface area (Å²) in [6.45, 7) is 0. The Kier molecular flexibility index (Phi) is 4.75. The molecule has 98 valence electrons. The minimum Gasteiger partial charge on any atom is -0.480 e. The van der Waals surface area contributed by atoms with E-state index in [9.17, 15) is 14.7 Å². The standard InChI is InChI=1S/C12H15NO4S/c1-18-7-6-12(13,11(16)17)9-4-2-8(3-5-9)10(14)15/h2-5H,6-7,13H2,1H3,(H,14,15)(H,16,17). The Morgan fingerprint density at radius 2 is 1.83 bits per heavy atom. The van der Waals surface area contributed by atoms with Crippen LogP contribution in [-0.4, -0.2) is 34.2 Å². The number of aromatic carboxylic acids is 1.